The van der Waals surface area contributed by atoms with Crippen molar-refractivity contribution < 1.29 is 24.2 Å². The Morgan fingerprint density at radius 1 is 0.707 bits per heavy atom. The van der Waals surface area contributed by atoms with Crippen molar-refractivity contribution in [2.45, 2.75) is 53.0 Å². The molecule has 3 aliphatic heterocycles. The number of aromatic nitrogens is 6. The zero-order valence-corrected chi connectivity index (χ0v) is 32.8. The van der Waals surface area contributed by atoms with Gasteiger partial charge in [-0.1, -0.05) is 0 Å². The van der Waals surface area contributed by atoms with Crippen molar-refractivity contribution in [1.29, 1.82) is 0 Å². The van der Waals surface area contributed by atoms with Crippen molar-refractivity contribution in [3.8, 4) is 11.5 Å². The van der Waals surface area contributed by atoms with Gasteiger partial charge in [-0.25, -0.2) is 24.7 Å². The molecule has 0 saturated carbocycles. The first-order chi connectivity index (χ1) is 28.0. The van der Waals surface area contributed by atoms with Crippen LogP contribution in [0.2, 0.25) is 0 Å². The van der Waals surface area contributed by atoms with Gasteiger partial charge in [0.05, 0.1) is 58.6 Å². The highest BCUT2D eigenvalue weighted by molar-refractivity contribution is 6.10. The van der Waals surface area contributed by atoms with E-state index in [0.717, 1.165) is 46.8 Å². The number of aromatic amines is 2. The maximum atomic E-state index is 13.3. The lowest BCUT2D eigenvalue weighted by Gasteiger charge is -2.32. The third-order valence-electron chi connectivity index (χ3n) is 9.89. The number of carbonyl (C=O) groups is 2. The largest absolute Gasteiger partial charge is 0.489 e. The van der Waals surface area contributed by atoms with Gasteiger partial charge in [0, 0.05) is 51.0 Å². The zero-order chi connectivity index (χ0) is 40.5. The molecule has 7 heterocycles. The summed E-state index contributed by atoms with van der Waals surface area (Å²) in [6.07, 6.45) is 9.70. The molecule has 298 valence electrons. The molecule has 1 saturated heterocycles. The molecular weight excluding hydrogens is 741 g/mol. The maximum Gasteiger partial charge on any atom is 0.338 e. The van der Waals surface area contributed by atoms with Crippen molar-refractivity contribution >= 4 is 69.4 Å². The quantitative estimate of drug-likeness (QED) is 0.109. The average Bonchev–Trinajstić information content (AvgIpc) is 4.02. The van der Waals surface area contributed by atoms with Crippen LogP contribution in [0.25, 0.3) is 22.1 Å². The average molecular weight is 785 g/mol. The van der Waals surface area contributed by atoms with E-state index in [0.29, 0.717) is 76.9 Å². The van der Waals surface area contributed by atoms with Gasteiger partial charge in [-0.15, -0.1) is 0 Å². The standard InChI is InChI=1S/C23H27N7O2.C18H17N5O3/c1-14(2)32-19-9-16-11-24-10-15(16)8-18(19)28-22-20-17(12-25-21(20)26-13-27-22)23(31)30-6-4-29(3)5-7-30;1-9(2)26-14-4-11-6-19-5-10(11)3-13(14)23-17-15-12(18(24)25)7-20-16(15)21-8-22-17/h8-10,12-14H,4-7,11H2,1-3H3,(H2,25,26,27,28);3-5,7-9H,6H2,1-2H3,(H,24,25)(H2,20,21,22,23). The summed E-state index contributed by atoms with van der Waals surface area (Å²) in [6.45, 7) is 12.3. The predicted octanol–water partition coefficient (Wildman–Crippen LogP) is 5.93. The molecular formula is C41H44N12O5. The number of hydrogen-bond acceptors (Lipinski definition) is 13. The highest BCUT2D eigenvalue weighted by Gasteiger charge is 2.26. The molecule has 17 nitrogen and oxygen atoms in total. The zero-order valence-electron chi connectivity index (χ0n) is 32.8. The molecule has 5 N–H and O–H groups in total. The van der Waals surface area contributed by atoms with Gasteiger partial charge >= 0.3 is 5.97 Å². The summed E-state index contributed by atoms with van der Waals surface area (Å²) in [7, 11) is 2.07. The Morgan fingerprint density at radius 3 is 1.67 bits per heavy atom. The summed E-state index contributed by atoms with van der Waals surface area (Å²) in [4.78, 5) is 60.7. The summed E-state index contributed by atoms with van der Waals surface area (Å²) >= 11 is 0. The van der Waals surface area contributed by atoms with E-state index < -0.39 is 5.97 Å². The van der Waals surface area contributed by atoms with Crippen molar-refractivity contribution in [2.24, 2.45) is 9.98 Å². The van der Waals surface area contributed by atoms with Crippen LogP contribution in [-0.4, -0.2) is 115 Å². The highest BCUT2D eigenvalue weighted by Crippen LogP contribution is 2.37. The van der Waals surface area contributed by atoms with Crippen molar-refractivity contribution in [2.75, 3.05) is 43.9 Å². The molecule has 4 aromatic heterocycles. The first kappa shape index (κ1) is 38.0. The number of carboxylic acids is 1. The molecule has 3 aliphatic rings. The van der Waals surface area contributed by atoms with E-state index in [1.54, 1.807) is 6.20 Å². The fraction of sp³-hybridized carbons (Fsp3) is 0.317. The Balaban J connectivity index is 0.000000165. The molecule has 58 heavy (non-hydrogen) atoms. The number of H-pyrrole nitrogens is 2. The van der Waals surface area contributed by atoms with Crippen LogP contribution in [-0.2, 0) is 13.1 Å². The van der Waals surface area contributed by atoms with E-state index in [2.05, 4.69) is 62.5 Å². The highest BCUT2D eigenvalue weighted by atomic mass is 16.5. The van der Waals surface area contributed by atoms with Gasteiger partial charge in [0.2, 0.25) is 0 Å². The van der Waals surface area contributed by atoms with Crippen LogP contribution >= 0.6 is 0 Å². The van der Waals surface area contributed by atoms with Crippen LogP contribution < -0.4 is 20.1 Å². The van der Waals surface area contributed by atoms with E-state index in [9.17, 15) is 14.7 Å². The monoisotopic (exact) mass is 784 g/mol. The number of nitrogens with zero attached hydrogens (tertiary/aromatic N) is 8. The lowest BCUT2D eigenvalue weighted by molar-refractivity contribution is 0.0664. The molecule has 0 aliphatic carbocycles. The molecule has 0 bridgehead atoms. The predicted molar refractivity (Wildman–Crippen MR) is 222 cm³/mol. The number of nitrogens with one attached hydrogen (secondary N) is 4. The Hall–Kier alpha value is -6.88. The smallest absolute Gasteiger partial charge is 0.338 e. The van der Waals surface area contributed by atoms with Gasteiger partial charge in [0.25, 0.3) is 5.91 Å². The van der Waals surface area contributed by atoms with E-state index in [-0.39, 0.29) is 23.7 Å². The lowest BCUT2D eigenvalue weighted by Crippen LogP contribution is -2.47. The Morgan fingerprint density at radius 2 is 1.19 bits per heavy atom. The summed E-state index contributed by atoms with van der Waals surface area (Å²) in [5, 5.41) is 17.1. The number of carboxylic acid groups (broad SMARTS) is 1. The van der Waals surface area contributed by atoms with Crippen molar-refractivity contribution in [3.63, 3.8) is 0 Å². The summed E-state index contributed by atoms with van der Waals surface area (Å²) in [5.74, 6) is 1.31. The van der Waals surface area contributed by atoms with Crippen LogP contribution in [0.4, 0.5) is 23.0 Å². The minimum atomic E-state index is -1.05. The fourth-order valence-electron chi connectivity index (χ4n) is 7.06. The second-order valence-corrected chi connectivity index (χ2v) is 14.8. The number of carbonyl (C=O) groups excluding carboxylic acids is 1. The first-order valence-electron chi connectivity index (χ1n) is 19.1. The molecule has 0 unspecified atom stereocenters. The van der Waals surface area contributed by atoms with Gasteiger partial charge in [-0.3, -0.25) is 14.8 Å². The Kier molecular flexibility index (Phi) is 10.4. The van der Waals surface area contributed by atoms with E-state index in [1.807, 2.05) is 69.3 Å². The van der Waals surface area contributed by atoms with Crippen molar-refractivity contribution in [3.05, 3.63) is 82.7 Å². The number of likely N-dealkylation sites (N-methyl/N-ethyl adjacent to an activating group) is 1. The number of aliphatic imine (C=N–C) groups is 2. The molecule has 1 amide bonds. The third kappa shape index (κ3) is 7.75. The summed E-state index contributed by atoms with van der Waals surface area (Å²) < 4.78 is 12.0. The Bertz CT molecular complexity index is 2590. The van der Waals surface area contributed by atoms with Crippen molar-refractivity contribution in [1.82, 2.24) is 39.7 Å². The number of benzene rings is 2. The van der Waals surface area contributed by atoms with Gasteiger partial charge in [-0.05, 0) is 81.3 Å². The normalized spacial score (nSPS) is 14.5. The van der Waals surface area contributed by atoms with Gasteiger partial charge in [0.15, 0.2) is 0 Å². The van der Waals surface area contributed by atoms with Crippen LogP contribution in [0.15, 0.2) is 59.3 Å². The number of aromatic carboxylic acids is 1. The topological polar surface area (TPSA) is 211 Å². The number of rotatable bonds is 10. The summed E-state index contributed by atoms with van der Waals surface area (Å²) in [5.41, 5.74) is 7.51. The van der Waals surface area contributed by atoms with E-state index >= 15 is 0 Å². The number of hydrogen-bond donors (Lipinski definition) is 5. The molecule has 0 spiro atoms. The van der Waals surface area contributed by atoms with E-state index in [1.165, 1.54) is 18.9 Å². The second-order valence-electron chi connectivity index (χ2n) is 14.8. The van der Waals surface area contributed by atoms with Gasteiger partial charge in [-0.2, -0.15) is 0 Å². The maximum absolute atomic E-state index is 13.3. The van der Waals surface area contributed by atoms with Gasteiger partial charge < -0.3 is 45.0 Å². The molecule has 6 aromatic rings. The van der Waals surface area contributed by atoms with Crippen LogP contribution in [0.5, 0.6) is 11.5 Å². The van der Waals surface area contributed by atoms with E-state index in [4.69, 9.17) is 9.47 Å². The third-order valence-corrected chi connectivity index (χ3v) is 9.89. The molecule has 0 radical (unpaired) electrons. The molecule has 2 aromatic carbocycles. The van der Waals surface area contributed by atoms with Crippen LogP contribution in [0.3, 0.4) is 0 Å². The lowest BCUT2D eigenvalue weighted by atomic mass is 10.1. The van der Waals surface area contributed by atoms with Gasteiger partial charge in [0.1, 0.15) is 47.1 Å². The summed E-state index contributed by atoms with van der Waals surface area (Å²) in [6, 6.07) is 7.94. The van der Waals surface area contributed by atoms with Crippen LogP contribution in [0, 0.1) is 0 Å². The molecule has 1 fully saturated rings. The number of anilines is 4. The van der Waals surface area contributed by atoms with Crippen LogP contribution in [0.1, 0.15) is 70.7 Å². The number of ether oxygens (including phenoxy) is 2. The number of piperazine rings is 1. The molecule has 17 heteroatoms. The Labute approximate surface area is 333 Å². The minimum Gasteiger partial charge on any atom is -0.489 e. The minimum absolute atomic E-state index is 0.0109. The number of fused-ring (bicyclic) bond motifs is 4. The second kappa shape index (κ2) is 15.9. The molecule has 0 atom stereocenters. The SMILES string of the molecule is CC(C)Oc1cc2c(cc1Nc1ncnc3[nH]cc(C(=O)N4CCN(C)CC4)c13)C=NC2.CC(C)Oc1cc2c(cc1Nc1ncnc3[nH]cc(C(=O)O)c13)C=NC2. The fourth-order valence-corrected chi connectivity index (χ4v) is 7.06. The number of amides is 1. The first-order valence-corrected chi connectivity index (χ1v) is 19.1. The molecule has 9 rings (SSSR count).